The maximum Gasteiger partial charge on any atom is 0.185 e. The van der Waals surface area contributed by atoms with Crippen LogP contribution in [0.25, 0.3) is 0 Å². The second-order valence-electron chi connectivity index (χ2n) is 2.51. The molecule has 11 heavy (non-hydrogen) atoms. The molecule has 2 rings (SSSR count). The Labute approximate surface area is 63.9 Å². The van der Waals surface area contributed by atoms with Crippen molar-refractivity contribution in [1.82, 2.24) is 0 Å². The van der Waals surface area contributed by atoms with Gasteiger partial charge in [0.25, 0.3) is 0 Å². The average molecular weight is 152 g/mol. The van der Waals surface area contributed by atoms with Crippen molar-refractivity contribution >= 4 is 0 Å². The van der Waals surface area contributed by atoms with Crippen LogP contribution in [0, 0.1) is 0 Å². The number of aliphatic hydroxyl groups excluding tert-OH is 1. The van der Waals surface area contributed by atoms with Gasteiger partial charge in [0.15, 0.2) is 6.29 Å². The summed E-state index contributed by atoms with van der Waals surface area (Å²) in [5.41, 5.74) is 1.37. The van der Waals surface area contributed by atoms with Crippen molar-refractivity contribution in [1.29, 1.82) is 0 Å². The third kappa shape index (κ3) is 0.895. The Morgan fingerprint density at radius 2 is 2.27 bits per heavy atom. The molecule has 1 heterocycles. The Balaban J connectivity index is 2.58. The summed E-state index contributed by atoms with van der Waals surface area (Å²) in [6, 6.07) is 5.09. The summed E-state index contributed by atoms with van der Waals surface area (Å²) < 4.78 is 4.90. The SMILES string of the molecule is Oc1cccc2c1C(O)OC2. The van der Waals surface area contributed by atoms with Gasteiger partial charge < -0.3 is 14.9 Å². The number of fused-ring (bicyclic) bond motifs is 1. The number of hydrogen-bond donors (Lipinski definition) is 2. The predicted molar refractivity (Wildman–Crippen MR) is 37.9 cm³/mol. The first-order valence-corrected chi connectivity index (χ1v) is 3.39. The molecule has 0 spiro atoms. The van der Waals surface area contributed by atoms with E-state index in [1.165, 1.54) is 6.07 Å². The zero-order valence-electron chi connectivity index (χ0n) is 5.82. The fourth-order valence-corrected chi connectivity index (χ4v) is 1.26. The Morgan fingerprint density at radius 3 is 3.00 bits per heavy atom. The van der Waals surface area contributed by atoms with Crippen molar-refractivity contribution in [2.24, 2.45) is 0 Å². The highest BCUT2D eigenvalue weighted by molar-refractivity contribution is 5.41. The van der Waals surface area contributed by atoms with Crippen molar-refractivity contribution in [3.63, 3.8) is 0 Å². The molecular weight excluding hydrogens is 144 g/mol. The molecule has 0 amide bonds. The van der Waals surface area contributed by atoms with E-state index in [1.54, 1.807) is 6.07 Å². The molecule has 0 bridgehead atoms. The minimum absolute atomic E-state index is 0.104. The van der Waals surface area contributed by atoms with Crippen molar-refractivity contribution in [3.8, 4) is 5.75 Å². The summed E-state index contributed by atoms with van der Waals surface area (Å²) in [6.45, 7) is 0.380. The van der Waals surface area contributed by atoms with Crippen LogP contribution in [0.3, 0.4) is 0 Å². The van der Waals surface area contributed by atoms with Gasteiger partial charge in [-0.2, -0.15) is 0 Å². The van der Waals surface area contributed by atoms with E-state index in [9.17, 15) is 10.2 Å². The molecule has 3 nitrogen and oxygen atoms in total. The lowest BCUT2D eigenvalue weighted by molar-refractivity contribution is -0.0925. The van der Waals surface area contributed by atoms with Gasteiger partial charge >= 0.3 is 0 Å². The molecule has 1 unspecified atom stereocenters. The molecule has 1 aromatic carbocycles. The number of phenolic OH excluding ortho intramolecular Hbond substituents is 1. The quantitative estimate of drug-likeness (QED) is 0.581. The van der Waals surface area contributed by atoms with E-state index in [-0.39, 0.29) is 5.75 Å². The zero-order valence-corrected chi connectivity index (χ0v) is 5.82. The molecule has 0 fully saturated rings. The van der Waals surface area contributed by atoms with E-state index in [4.69, 9.17) is 4.74 Å². The van der Waals surface area contributed by atoms with Gasteiger partial charge in [0.05, 0.1) is 12.2 Å². The Bertz CT molecular complexity index is 283. The Kier molecular flexibility index (Phi) is 1.34. The molecule has 0 saturated carbocycles. The fourth-order valence-electron chi connectivity index (χ4n) is 1.26. The van der Waals surface area contributed by atoms with Crippen LogP contribution in [0.1, 0.15) is 17.4 Å². The molecule has 0 aromatic heterocycles. The highest BCUT2D eigenvalue weighted by atomic mass is 16.6. The van der Waals surface area contributed by atoms with Gasteiger partial charge in [0.1, 0.15) is 5.75 Å². The standard InChI is InChI=1S/C8H8O3/c9-6-3-1-2-5-4-11-8(10)7(5)6/h1-3,8-10H,4H2. The van der Waals surface area contributed by atoms with E-state index in [2.05, 4.69) is 0 Å². The lowest BCUT2D eigenvalue weighted by atomic mass is 10.1. The van der Waals surface area contributed by atoms with E-state index in [0.717, 1.165) is 5.56 Å². The van der Waals surface area contributed by atoms with Crippen LogP contribution in [0.15, 0.2) is 18.2 Å². The first-order chi connectivity index (χ1) is 5.29. The van der Waals surface area contributed by atoms with E-state index in [1.807, 2.05) is 6.07 Å². The van der Waals surface area contributed by atoms with E-state index < -0.39 is 6.29 Å². The molecule has 2 N–H and O–H groups in total. The number of aromatic hydroxyl groups is 1. The van der Waals surface area contributed by atoms with Crippen LogP contribution < -0.4 is 0 Å². The lowest BCUT2D eigenvalue weighted by Gasteiger charge is -2.03. The molecule has 3 heteroatoms. The van der Waals surface area contributed by atoms with Crippen molar-refractivity contribution in [2.75, 3.05) is 0 Å². The Hall–Kier alpha value is -1.06. The minimum Gasteiger partial charge on any atom is -0.507 e. The number of hydrogen-bond acceptors (Lipinski definition) is 3. The smallest absolute Gasteiger partial charge is 0.185 e. The fraction of sp³-hybridized carbons (Fsp3) is 0.250. The first-order valence-electron chi connectivity index (χ1n) is 3.39. The first kappa shape index (κ1) is 6.64. The van der Waals surface area contributed by atoms with Gasteiger partial charge in [-0.05, 0) is 11.6 Å². The second-order valence-corrected chi connectivity index (χ2v) is 2.51. The van der Waals surface area contributed by atoms with Crippen LogP contribution in [-0.4, -0.2) is 10.2 Å². The van der Waals surface area contributed by atoms with Gasteiger partial charge in [-0.1, -0.05) is 12.1 Å². The predicted octanol–water partition coefficient (Wildman–Crippen LogP) is 0.913. The largest absolute Gasteiger partial charge is 0.507 e. The van der Waals surface area contributed by atoms with Gasteiger partial charge in [-0.3, -0.25) is 0 Å². The third-order valence-electron chi connectivity index (χ3n) is 1.82. The van der Waals surface area contributed by atoms with Crippen molar-refractivity contribution in [3.05, 3.63) is 29.3 Å². The van der Waals surface area contributed by atoms with Gasteiger partial charge in [-0.25, -0.2) is 0 Å². The van der Waals surface area contributed by atoms with Gasteiger partial charge in [0.2, 0.25) is 0 Å². The molecule has 1 aliphatic heterocycles. The van der Waals surface area contributed by atoms with Gasteiger partial charge in [0, 0.05) is 0 Å². The van der Waals surface area contributed by atoms with Crippen LogP contribution >= 0.6 is 0 Å². The van der Waals surface area contributed by atoms with Crippen molar-refractivity contribution in [2.45, 2.75) is 12.9 Å². The number of ether oxygens (including phenoxy) is 1. The topological polar surface area (TPSA) is 49.7 Å². The van der Waals surface area contributed by atoms with Crippen LogP contribution in [0.2, 0.25) is 0 Å². The van der Waals surface area contributed by atoms with E-state index in [0.29, 0.717) is 12.2 Å². The summed E-state index contributed by atoms with van der Waals surface area (Å²) in [6.07, 6.45) is -0.953. The molecule has 58 valence electrons. The number of phenols is 1. The number of aliphatic hydroxyl groups is 1. The summed E-state index contributed by atoms with van der Waals surface area (Å²) in [7, 11) is 0. The molecule has 1 aromatic rings. The summed E-state index contributed by atoms with van der Waals surface area (Å²) >= 11 is 0. The number of rotatable bonds is 0. The summed E-state index contributed by atoms with van der Waals surface area (Å²) in [4.78, 5) is 0. The molecule has 1 aliphatic rings. The summed E-state index contributed by atoms with van der Waals surface area (Å²) in [5.74, 6) is 0.104. The number of benzene rings is 1. The minimum atomic E-state index is -0.953. The molecule has 1 atom stereocenters. The molecular formula is C8H8O3. The normalized spacial score (nSPS) is 21.7. The molecule has 0 radical (unpaired) electrons. The van der Waals surface area contributed by atoms with E-state index >= 15 is 0 Å². The molecule has 0 saturated heterocycles. The third-order valence-corrected chi connectivity index (χ3v) is 1.82. The highest BCUT2D eigenvalue weighted by Gasteiger charge is 2.23. The lowest BCUT2D eigenvalue weighted by Crippen LogP contribution is -1.92. The molecule has 0 aliphatic carbocycles. The van der Waals surface area contributed by atoms with Gasteiger partial charge in [-0.15, -0.1) is 0 Å². The van der Waals surface area contributed by atoms with Crippen LogP contribution in [-0.2, 0) is 11.3 Å². The monoisotopic (exact) mass is 152 g/mol. The van der Waals surface area contributed by atoms with Crippen molar-refractivity contribution < 1.29 is 14.9 Å². The zero-order chi connectivity index (χ0) is 7.84. The van der Waals surface area contributed by atoms with Crippen LogP contribution in [0.5, 0.6) is 5.75 Å². The maximum atomic E-state index is 9.26. The highest BCUT2D eigenvalue weighted by Crippen LogP contribution is 2.34. The second kappa shape index (κ2) is 2.22. The summed E-state index contributed by atoms with van der Waals surface area (Å²) in [5, 5.41) is 18.4. The van der Waals surface area contributed by atoms with Crippen LogP contribution in [0.4, 0.5) is 0 Å². The maximum absolute atomic E-state index is 9.26. The average Bonchev–Trinajstić information content (AvgIpc) is 2.34. The Morgan fingerprint density at radius 1 is 1.45 bits per heavy atom.